The first-order valence-electron chi connectivity index (χ1n) is 14.5. The molecule has 1 N–H and O–H groups in total. The molecule has 2 aromatic rings. The van der Waals surface area contributed by atoms with E-state index >= 15 is 0 Å². The summed E-state index contributed by atoms with van der Waals surface area (Å²) < 4.78 is 22.2. The van der Waals surface area contributed by atoms with Crippen LogP contribution in [0.25, 0.3) is 11.3 Å². The van der Waals surface area contributed by atoms with Gasteiger partial charge in [-0.2, -0.15) is 0 Å². The molecule has 8 heteroatoms. The topological polar surface area (TPSA) is 78.0 Å². The highest BCUT2D eigenvalue weighted by molar-refractivity contribution is 5.61. The van der Waals surface area contributed by atoms with Crippen molar-refractivity contribution in [2.24, 2.45) is 0 Å². The Balaban J connectivity index is 0.00000287. The lowest BCUT2D eigenvalue weighted by Crippen LogP contribution is -2.24. The number of anilines is 1. The number of hydrogen-bond donors (Lipinski definition) is 1. The first-order valence-corrected chi connectivity index (χ1v) is 14.5. The van der Waals surface area contributed by atoms with Crippen LogP contribution in [0, 0.1) is 0 Å². The Morgan fingerprint density at radius 3 is 2.49 bits per heavy atom. The third-order valence-corrected chi connectivity index (χ3v) is 6.26. The third kappa shape index (κ3) is 13.2. The Morgan fingerprint density at radius 1 is 1.02 bits per heavy atom. The van der Waals surface area contributed by atoms with Crippen LogP contribution in [-0.4, -0.2) is 75.1 Å². The number of allylic oxidation sites excluding steroid dienone is 2. The zero-order chi connectivity index (χ0) is 29.7. The molecule has 1 aromatic heterocycles. The van der Waals surface area contributed by atoms with Gasteiger partial charge in [0.1, 0.15) is 18.1 Å². The molecule has 0 atom stereocenters. The van der Waals surface area contributed by atoms with Gasteiger partial charge < -0.3 is 24.3 Å². The largest absolute Gasteiger partial charge is 0.497 e. The summed E-state index contributed by atoms with van der Waals surface area (Å²) >= 11 is 0. The van der Waals surface area contributed by atoms with Gasteiger partial charge in [-0.25, -0.2) is 9.97 Å². The molecule has 1 saturated heterocycles. The SMILES string of the molecule is C=C(/C=C(/COC/C=C/CCCOC)C(=C)OCCN1CCCC1)Nc1nccc(-c2ccc(OC)cc2)n1.CC. The molecule has 1 aliphatic heterocycles. The number of likely N-dealkylation sites (tertiary alicyclic amines) is 1. The molecule has 41 heavy (non-hydrogen) atoms. The van der Waals surface area contributed by atoms with Gasteiger partial charge in [-0.1, -0.05) is 39.2 Å². The average Bonchev–Trinajstić information content (AvgIpc) is 3.52. The van der Waals surface area contributed by atoms with Crippen LogP contribution >= 0.6 is 0 Å². The minimum absolute atomic E-state index is 0.346. The molecule has 1 aliphatic rings. The molecule has 1 aromatic carbocycles. The number of nitrogens with zero attached hydrogens (tertiary/aromatic N) is 3. The molecule has 0 aliphatic carbocycles. The number of ether oxygens (including phenoxy) is 4. The van der Waals surface area contributed by atoms with E-state index in [1.807, 2.05) is 56.3 Å². The molecule has 2 heterocycles. The molecule has 1 fully saturated rings. The lowest BCUT2D eigenvalue weighted by atomic mass is 10.1. The van der Waals surface area contributed by atoms with Gasteiger partial charge >= 0.3 is 0 Å². The Bertz CT molecular complexity index is 1090. The first-order chi connectivity index (χ1) is 20.1. The maximum Gasteiger partial charge on any atom is 0.227 e. The van der Waals surface area contributed by atoms with Crippen molar-refractivity contribution in [2.45, 2.75) is 39.5 Å². The summed E-state index contributed by atoms with van der Waals surface area (Å²) in [5.74, 6) is 1.82. The third-order valence-electron chi connectivity index (χ3n) is 6.26. The second-order valence-corrected chi connectivity index (χ2v) is 9.26. The van der Waals surface area contributed by atoms with Crippen molar-refractivity contribution in [1.29, 1.82) is 0 Å². The van der Waals surface area contributed by atoms with Gasteiger partial charge in [0.2, 0.25) is 5.95 Å². The number of hydrogen-bond acceptors (Lipinski definition) is 8. The summed E-state index contributed by atoms with van der Waals surface area (Å²) in [5.41, 5.74) is 3.18. The monoisotopic (exact) mass is 564 g/mol. The van der Waals surface area contributed by atoms with Crippen molar-refractivity contribution >= 4 is 5.95 Å². The number of unbranched alkanes of at least 4 members (excludes halogenated alkanes) is 1. The van der Waals surface area contributed by atoms with Crippen LogP contribution in [0.1, 0.15) is 39.5 Å². The van der Waals surface area contributed by atoms with Crippen LogP contribution in [-0.2, 0) is 14.2 Å². The fraction of sp³-hybridized carbons (Fsp3) is 0.455. The van der Waals surface area contributed by atoms with E-state index in [0.29, 0.717) is 37.2 Å². The van der Waals surface area contributed by atoms with E-state index in [9.17, 15) is 0 Å². The van der Waals surface area contributed by atoms with Gasteiger partial charge in [0, 0.05) is 43.3 Å². The van der Waals surface area contributed by atoms with Crippen LogP contribution < -0.4 is 10.1 Å². The fourth-order valence-corrected chi connectivity index (χ4v) is 4.10. The standard InChI is InChI=1S/C31H42N4O4.C2H6/c1-25(33-31-32-16-15-30(34-31)27-11-13-29(37-4)14-12-27)23-28(24-38-21-10-6-5-9-20-36-3)26(2)39-22-19-35-17-7-8-18-35;1-2/h6,10-16,23H,1-2,5,7-9,17-22,24H2,3-4H3,(H,32,33,34);1-2H3/b10-6+,28-23-;. The molecular weight excluding hydrogens is 516 g/mol. The predicted molar refractivity (Wildman–Crippen MR) is 168 cm³/mol. The van der Waals surface area contributed by atoms with Crippen molar-refractivity contribution in [3.63, 3.8) is 0 Å². The Morgan fingerprint density at radius 2 is 1.78 bits per heavy atom. The van der Waals surface area contributed by atoms with E-state index in [4.69, 9.17) is 18.9 Å². The predicted octanol–water partition coefficient (Wildman–Crippen LogP) is 6.66. The molecule has 0 saturated carbocycles. The van der Waals surface area contributed by atoms with Gasteiger partial charge in [0.25, 0.3) is 0 Å². The first kappa shape index (κ1) is 33.7. The van der Waals surface area contributed by atoms with Crippen LogP contribution in [0.3, 0.4) is 0 Å². The van der Waals surface area contributed by atoms with Crippen LogP contribution in [0.4, 0.5) is 5.95 Å². The molecular formula is C33H48N4O4. The molecule has 224 valence electrons. The lowest BCUT2D eigenvalue weighted by molar-refractivity contribution is 0.155. The van der Waals surface area contributed by atoms with Crippen molar-refractivity contribution < 1.29 is 18.9 Å². The second kappa shape index (κ2) is 20.4. The zero-order valence-corrected chi connectivity index (χ0v) is 25.4. The van der Waals surface area contributed by atoms with Gasteiger partial charge in [0.05, 0.1) is 26.0 Å². The molecule has 3 rings (SSSR count). The van der Waals surface area contributed by atoms with Crippen LogP contribution in [0.2, 0.25) is 0 Å². The van der Waals surface area contributed by atoms with E-state index in [-0.39, 0.29) is 0 Å². The van der Waals surface area contributed by atoms with Crippen molar-refractivity contribution in [3.05, 3.63) is 84.9 Å². The van der Waals surface area contributed by atoms with Crippen molar-refractivity contribution in [2.75, 3.05) is 65.6 Å². The van der Waals surface area contributed by atoms with Gasteiger partial charge in [-0.15, -0.1) is 0 Å². The average molecular weight is 565 g/mol. The molecule has 0 spiro atoms. The second-order valence-electron chi connectivity index (χ2n) is 9.26. The molecule has 0 amide bonds. The maximum atomic E-state index is 6.01. The van der Waals surface area contributed by atoms with E-state index < -0.39 is 0 Å². The number of methoxy groups -OCH3 is 2. The summed E-state index contributed by atoms with van der Waals surface area (Å²) in [6, 6.07) is 9.60. The van der Waals surface area contributed by atoms with E-state index in [1.165, 1.54) is 12.8 Å². The molecule has 0 bridgehead atoms. The summed E-state index contributed by atoms with van der Waals surface area (Å²) in [6.07, 6.45) is 12.2. The summed E-state index contributed by atoms with van der Waals surface area (Å²) in [5, 5.41) is 3.19. The van der Waals surface area contributed by atoms with E-state index in [1.54, 1.807) is 20.4 Å². The number of rotatable bonds is 18. The van der Waals surface area contributed by atoms with Gasteiger partial charge in [-0.3, -0.25) is 4.90 Å². The quantitative estimate of drug-likeness (QED) is 0.0933. The summed E-state index contributed by atoms with van der Waals surface area (Å²) in [7, 11) is 3.36. The highest BCUT2D eigenvalue weighted by Gasteiger charge is 2.12. The highest BCUT2D eigenvalue weighted by Crippen LogP contribution is 2.22. The minimum Gasteiger partial charge on any atom is -0.497 e. The molecule has 0 unspecified atom stereocenters. The van der Waals surface area contributed by atoms with Gasteiger partial charge in [0.15, 0.2) is 0 Å². The molecule has 8 nitrogen and oxygen atoms in total. The Hall–Kier alpha value is -3.46. The fourth-order valence-electron chi connectivity index (χ4n) is 4.10. The highest BCUT2D eigenvalue weighted by atomic mass is 16.5. The van der Waals surface area contributed by atoms with Crippen molar-refractivity contribution in [1.82, 2.24) is 14.9 Å². The van der Waals surface area contributed by atoms with Crippen LogP contribution in [0.15, 0.2) is 84.9 Å². The zero-order valence-electron chi connectivity index (χ0n) is 25.4. The van der Waals surface area contributed by atoms with Crippen molar-refractivity contribution in [3.8, 4) is 17.0 Å². The van der Waals surface area contributed by atoms with E-state index in [2.05, 4.69) is 39.4 Å². The Kier molecular flexibility index (Phi) is 16.8. The normalized spacial score (nSPS) is 13.5. The number of benzene rings is 1. The maximum absolute atomic E-state index is 6.01. The summed E-state index contributed by atoms with van der Waals surface area (Å²) in [4.78, 5) is 11.4. The molecule has 0 radical (unpaired) electrons. The smallest absolute Gasteiger partial charge is 0.227 e. The lowest BCUT2D eigenvalue weighted by Gasteiger charge is -2.18. The Labute approximate surface area is 246 Å². The number of nitrogens with one attached hydrogen (secondary N) is 1. The van der Waals surface area contributed by atoms with Gasteiger partial charge in [-0.05, 0) is 75.2 Å². The minimum atomic E-state index is 0.346. The van der Waals surface area contributed by atoms with E-state index in [0.717, 1.165) is 61.7 Å². The van der Waals surface area contributed by atoms with Crippen LogP contribution in [0.5, 0.6) is 5.75 Å². The summed E-state index contributed by atoms with van der Waals surface area (Å²) in [6.45, 7) is 17.7. The number of aromatic nitrogens is 2.